The van der Waals surface area contributed by atoms with Gasteiger partial charge in [-0.3, -0.25) is 14.3 Å². The Bertz CT molecular complexity index is 1620. The van der Waals surface area contributed by atoms with Crippen molar-refractivity contribution in [2.75, 3.05) is 31.1 Å². The Kier molecular flexibility index (Phi) is 6.22. The highest BCUT2D eigenvalue weighted by Gasteiger charge is 2.28. The van der Waals surface area contributed by atoms with E-state index in [1.54, 1.807) is 24.3 Å². The maximum atomic E-state index is 13.2. The van der Waals surface area contributed by atoms with Gasteiger partial charge in [0.05, 0.1) is 4.90 Å². The van der Waals surface area contributed by atoms with Crippen LogP contribution in [0.3, 0.4) is 0 Å². The van der Waals surface area contributed by atoms with Crippen LogP contribution in [-0.2, 0) is 16.6 Å². The first-order valence-corrected chi connectivity index (χ1v) is 13.1. The third kappa shape index (κ3) is 4.33. The van der Waals surface area contributed by atoms with Crippen molar-refractivity contribution in [2.24, 2.45) is 0 Å². The summed E-state index contributed by atoms with van der Waals surface area (Å²) >= 11 is 0. The van der Waals surface area contributed by atoms with Crippen molar-refractivity contribution < 1.29 is 12.8 Å². The lowest BCUT2D eigenvalue weighted by atomic mass is 10.2. The molecule has 0 aliphatic carbocycles. The molecule has 2 aromatic carbocycles. The van der Waals surface area contributed by atoms with Crippen LogP contribution in [-0.4, -0.2) is 58.4 Å². The summed E-state index contributed by atoms with van der Waals surface area (Å²) in [5, 5.41) is 0. The summed E-state index contributed by atoms with van der Waals surface area (Å²) < 4.78 is 42.1. The van der Waals surface area contributed by atoms with Crippen molar-refractivity contribution in [3.63, 3.8) is 0 Å². The Morgan fingerprint density at radius 2 is 1.61 bits per heavy atom. The molecule has 4 aromatic rings. The second kappa shape index (κ2) is 9.36. The zero-order chi connectivity index (χ0) is 25.4. The molecule has 188 valence electrons. The molecule has 0 amide bonds. The summed E-state index contributed by atoms with van der Waals surface area (Å²) in [5.41, 5.74) is 0.804. The second-order valence-corrected chi connectivity index (χ2v) is 10.5. The van der Waals surface area contributed by atoms with Gasteiger partial charge in [0.15, 0.2) is 5.65 Å². The molecule has 0 saturated carbocycles. The van der Waals surface area contributed by atoms with E-state index in [2.05, 4.69) is 15.0 Å². The first-order valence-electron chi connectivity index (χ1n) is 11.6. The lowest BCUT2D eigenvalue weighted by molar-refractivity contribution is 0.385. The molecule has 1 saturated heterocycles. The van der Waals surface area contributed by atoms with Crippen LogP contribution in [0, 0.1) is 5.82 Å². The van der Waals surface area contributed by atoms with Crippen molar-refractivity contribution in [3.05, 3.63) is 75.2 Å². The van der Waals surface area contributed by atoms with Crippen LogP contribution >= 0.6 is 0 Å². The van der Waals surface area contributed by atoms with Gasteiger partial charge in [-0.2, -0.15) is 4.31 Å². The third-order valence-corrected chi connectivity index (χ3v) is 8.19. The summed E-state index contributed by atoms with van der Waals surface area (Å²) in [6, 6.07) is 12.4. The van der Waals surface area contributed by atoms with Gasteiger partial charge in [-0.25, -0.2) is 22.6 Å². The van der Waals surface area contributed by atoms with Crippen LogP contribution in [0.1, 0.15) is 13.3 Å². The smallest absolute Gasteiger partial charge is 0.330 e. The Balaban J connectivity index is 1.34. The number of nitrogens with zero attached hydrogens (tertiary/aromatic N) is 4. The maximum Gasteiger partial charge on any atom is 0.330 e. The molecule has 0 unspecified atom stereocenters. The minimum absolute atomic E-state index is 0.149. The molecule has 10 nitrogen and oxygen atoms in total. The number of nitrogens with one attached hydrogen (secondary N) is 2. The van der Waals surface area contributed by atoms with Gasteiger partial charge in [0.1, 0.15) is 17.2 Å². The molecule has 3 heterocycles. The number of fused-ring (bicyclic) bond motifs is 1. The monoisotopic (exact) mass is 512 g/mol. The van der Waals surface area contributed by atoms with Crippen molar-refractivity contribution in [3.8, 4) is 11.4 Å². The summed E-state index contributed by atoms with van der Waals surface area (Å²) in [7, 11) is -3.71. The summed E-state index contributed by atoms with van der Waals surface area (Å²) in [6.07, 6.45) is 0.632. The van der Waals surface area contributed by atoms with E-state index < -0.39 is 21.3 Å². The van der Waals surface area contributed by atoms with Crippen LogP contribution in [0.5, 0.6) is 0 Å². The molecule has 2 N–H and O–H groups in total. The van der Waals surface area contributed by atoms with Gasteiger partial charge >= 0.3 is 5.69 Å². The van der Waals surface area contributed by atoms with Crippen molar-refractivity contribution in [1.29, 1.82) is 0 Å². The van der Waals surface area contributed by atoms with Gasteiger partial charge in [0.25, 0.3) is 5.56 Å². The minimum atomic E-state index is -3.71. The largest absolute Gasteiger partial charge is 0.369 e. The van der Waals surface area contributed by atoms with Gasteiger partial charge < -0.3 is 9.88 Å². The molecule has 0 radical (unpaired) electrons. The standard InChI is InChI=1S/C24H25FN6O4S/c1-2-11-31-23(32)20-22(28-24(31)33)27-21(26-20)16-3-9-19(10-4-16)36(34,35)30-14-12-29(13-15-30)18-7-5-17(25)6-8-18/h3-10H,2,11-15H2,1H3,(H,26,27)(H,28,33). The zero-order valence-corrected chi connectivity index (χ0v) is 20.4. The predicted molar refractivity (Wildman–Crippen MR) is 134 cm³/mol. The van der Waals surface area contributed by atoms with Crippen LogP contribution in [0.25, 0.3) is 22.6 Å². The number of aromatic amines is 2. The number of rotatable bonds is 6. The number of halogens is 1. The Labute approximate surface area is 206 Å². The fraction of sp³-hybridized carbons (Fsp3) is 0.292. The molecule has 2 aromatic heterocycles. The van der Waals surface area contributed by atoms with Crippen LogP contribution in [0.2, 0.25) is 0 Å². The molecule has 0 atom stereocenters. The van der Waals surface area contributed by atoms with Gasteiger partial charge in [0, 0.05) is 44.0 Å². The number of hydrogen-bond donors (Lipinski definition) is 2. The third-order valence-electron chi connectivity index (χ3n) is 6.28. The molecule has 12 heteroatoms. The van der Waals surface area contributed by atoms with Gasteiger partial charge in [-0.1, -0.05) is 6.92 Å². The number of benzene rings is 2. The average Bonchev–Trinajstić information content (AvgIpc) is 3.31. The number of sulfonamides is 1. The van der Waals surface area contributed by atoms with E-state index in [-0.39, 0.29) is 21.9 Å². The van der Waals surface area contributed by atoms with E-state index in [9.17, 15) is 22.4 Å². The Morgan fingerprint density at radius 1 is 0.944 bits per heavy atom. The van der Waals surface area contributed by atoms with E-state index >= 15 is 0 Å². The first-order chi connectivity index (χ1) is 17.3. The predicted octanol–water partition coefficient (Wildman–Crippen LogP) is 2.14. The normalized spacial score (nSPS) is 15.0. The molecule has 0 bridgehead atoms. The molecule has 1 fully saturated rings. The fourth-order valence-electron chi connectivity index (χ4n) is 4.35. The SMILES string of the molecule is CCCn1c(=O)[nH]c2nc(-c3ccc(S(=O)(=O)N4CCN(c5ccc(F)cc5)CC4)cc3)[nH]c2c1=O. The lowest BCUT2D eigenvalue weighted by Gasteiger charge is -2.35. The van der Waals surface area contributed by atoms with Crippen molar-refractivity contribution in [2.45, 2.75) is 24.8 Å². The van der Waals surface area contributed by atoms with Crippen LogP contribution in [0.15, 0.2) is 63.0 Å². The first kappa shape index (κ1) is 23.9. The number of anilines is 1. The topological polar surface area (TPSA) is 124 Å². The van der Waals surface area contributed by atoms with Gasteiger partial charge in [-0.15, -0.1) is 0 Å². The van der Waals surface area contributed by atoms with E-state index in [1.165, 1.54) is 28.6 Å². The molecule has 1 aliphatic heterocycles. The number of H-pyrrole nitrogens is 2. The fourth-order valence-corrected chi connectivity index (χ4v) is 5.77. The molecular weight excluding hydrogens is 487 g/mol. The Hall–Kier alpha value is -3.77. The van der Waals surface area contributed by atoms with Crippen molar-refractivity contribution >= 4 is 26.9 Å². The molecular formula is C24H25FN6O4S. The second-order valence-electron chi connectivity index (χ2n) is 8.59. The van der Waals surface area contributed by atoms with E-state index in [4.69, 9.17) is 0 Å². The number of aromatic nitrogens is 4. The van der Waals surface area contributed by atoms with E-state index in [0.717, 1.165) is 10.3 Å². The lowest BCUT2D eigenvalue weighted by Crippen LogP contribution is -2.48. The van der Waals surface area contributed by atoms with Crippen molar-refractivity contribution in [1.82, 2.24) is 23.8 Å². The minimum Gasteiger partial charge on any atom is -0.369 e. The number of hydrogen-bond acceptors (Lipinski definition) is 6. The zero-order valence-electron chi connectivity index (χ0n) is 19.6. The van der Waals surface area contributed by atoms with Crippen LogP contribution in [0.4, 0.5) is 10.1 Å². The number of piperazine rings is 1. The van der Waals surface area contributed by atoms with Gasteiger partial charge in [-0.05, 0) is 55.0 Å². The molecule has 1 aliphatic rings. The Morgan fingerprint density at radius 3 is 2.25 bits per heavy atom. The summed E-state index contributed by atoms with van der Waals surface area (Å²) in [6.45, 7) is 3.77. The van der Waals surface area contributed by atoms with E-state index in [1.807, 2.05) is 11.8 Å². The average molecular weight is 513 g/mol. The van der Waals surface area contributed by atoms with Crippen LogP contribution < -0.4 is 16.1 Å². The molecule has 0 spiro atoms. The summed E-state index contributed by atoms with van der Waals surface area (Å²) in [5.74, 6) is 0.0387. The highest BCUT2D eigenvalue weighted by atomic mass is 32.2. The van der Waals surface area contributed by atoms with E-state index in [0.29, 0.717) is 50.5 Å². The molecule has 36 heavy (non-hydrogen) atoms. The maximum absolute atomic E-state index is 13.2. The number of imidazole rings is 1. The molecule has 5 rings (SSSR count). The summed E-state index contributed by atoms with van der Waals surface area (Å²) in [4.78, 5) is 36.9. The highest BCUT2D eigenvalue weighted by Crippen LogP contribution is 2.24. The van der Waals surface area contributed by atoms with Gasteiger partial charge in [0.2, 0.25) is 10.0 Å². The quantitative estimate of drug-likeness (QED) is 0.408. The highest BCUT2D eigenvalue weighted by molar-refractivity contribution is 7.89.